The van der Waals surface area contributed by atoms with E-state index in [1.807, 2.05) is 11.4 Å². The fourth-order valence-corrected chi connectivity index (χ4v) is 30.1. The van der Waals surface area contributed by atoms with Crippen LogP contribution < -0.4 is 20.7 Å². The summed E-state index contributed by atoms with van der Waals surface area (Å²) in [5.74, 6) is 0. The number of hydrogen-bond acceptors (Lipinski definition) is 6. The molecule has 1 saturated heterocycles. The van der Waals surface area contributed by atoms with Crippen LogP contribution in [0.25, 0.3) is 0 Å². The first-order chi connectivity index (χ1) is 25.9. The molecule has 1 aliphatic rings. The maximum Gasteiger partial charge on any atom is 0.495 e. The summed E-state index contributed by atoms with van der Waals surface area (Å²) in [4.78, 5) is 0. The van der Waals surface area contributed by atoms with E-state index >= 15 is 0 Å². The summed E-state index contributed by atoms with van der Waals surface area (Å²) in [5.41, 5.74) is 3.79. The summed E-state index contributed by atoms with van der Waals surface area (Å²) in [7, 11) is -15.0. The van der Waals surface area contributed by atoms with E-state index in [0.29, 0.717) is 13.2 Å². The third kappa shape index (κ3) is 10.6. The van der Waals surface area contributed by atoms with Gasteiger partial charge in [-0.25, -0.2) is 4.12 Å². The highest BCUT2D eigenvalue weighted by Crippen LogP contribution is 2.33. The normalized spacial score (nSPS) is 23.9. The van der Waals surface area contributed by atoms with Gasteiger partial charge in [0.1, 0.15) is 0 Å². The Labute approximate surface area is 331 Å². The van der Waals surface area contributed by atoms with Crippen LogP contribution in [-0.2, 0) is 25.6 Å². The second-order valence-electron chi connectivity index (χ2n) is 14.8. The fourth-order valence-electron chi connectivity index (χ4n) is 7.28. The van der Waals surface area contributed by atoms with Gasteiger partial charge in [0, 0.05) is 19.6 Å². The van der Waals surface area contributed by atoms with Gasteiger partial charge < -0.3 is 21.5 Å². The van der Waals surface area contributed by atoms with Crippen LogP contribution in [0, 0.1) is 0 Å². The van der Waals surface area contributed by atoms with E-state index in [9.17, 15) is 0 Å². The molecule has 1 aliphatic heterocycles. The van der Waals surface area contributed by atoms with E-state index in [0.717, 1.165) is 31.4 Å². The Morgan fingerprint density at radius 1 is 0.630 bits per heavy atom. The molecule has 0 amide bonds. The molecule has 4 unspecified atom stereocenters. The van der Waals surface area contributed by atoms with Gasteiger partial charge >= 0.3 is 34.7 Å². The zero-order valence-corrected chi connectivity index (χ0v) is 39.1. The Bertz CT molecular complexity index is 1680. The van der Waals surface area contributed by atoms with Crippen molar-refractivity contribution >= 4 is 72.1 Å². The minimum atomic E-state index is -2.87. The van der Waals surface area contributed by atoms with Crippen LogP contribution >= 0.6 is 0 Å². The van der Waals surface area contributed by atoms with Crippen molar-refractivity contribution < 1.29 is 25.6 Å². The molecule has 0 saturated carbocycles. The van der Waals surface area contributed by atoms with Gasteiger partial charge in [0.15, 0.2) is 5.73 Å². The molecule has 0 radical (unpaired) electrons. The van der Waals surface area contributed by atoms with Crippen LogP contribution in [0.15, 0.2) is 146 Å². The van der Waals surface area contributed by atoms with E-state index in [-0.39, 0.29) is 5.73 Å². The van der Waals surface area contributed by atoms with Crippen molar-refractivity contribution in [3.63, 3.8) is 0 Å². The molecule has 5 rings (SSSR count). The van der Waals surface area contributed by atoms with Crippen molar-refractivity contribution in [1.82, 2.24) is 0 Å². The van der Waals surface area contributed by atoms with E-state index < -0.39 is 51.4 Å². The molecule has 1 fully saturated rings. The lowest BCUT2D eigenvalue weighted by Crippen LogP contribution is -2.58. The van der Waals surface area contributed by atoms with Gasteiger partial charge in [-0.1, -0.05) is 134 Å². The van der Waals surface area contributed by atoms with Crippen LogP contribution in [0.2, 0.25) is 44.8 Å². The van der Waals surface area contributed by atoms with Gasteiger partial charge in [-0.05, 0) is 78.1 Å². The van der Waals surface area contributed by atoms with Gasteiger partial charge in [0.25, 0.3) is 16.6 Å². The quantitative estimate of drug-likeness (QED) is 0.0807. The van der Waals surface area contributed by atoms with Crippen molar-refractivity contribution in [3.8, 4) is 0 Å². The zero-order chi connectivity index (χ0) is 38.7. The molecule has 0 aromatic heterocycles. The lowest BCUT2D eigenvalue weighted by atomic mass is 10.4. The predicted octanol–water partition coefficient (Wildman–Crippen LogP) is 7.63. The SMILES string of the molecule is C=C[Si]1(C)OC(CC)[Si+](CCCO[Si](C)(c2ccccc2)c2ccccc2)O[Si](C)(C=C)O[Si](C)(CCCO[Si](C)(c2ccccc2)c2ccccc2)O1. The van der Waals surface area contributed by atoms with Crippen LogP contribution in [0.5, 0.6) is 0 Å². The van der Waals surface area contributed by atoms with Crippen molar-refractivity contribution in [2.24, 2.45) is 0 Å². The Morgan fingerprint density at radius 3 is 1.41 bits per heavy atom. The maximum absolute atomic E-state index is 7.17. The van der Waals surface area contributed by atoms with E-state index in [1.54, 1.807) is 0 Å². The predicted molar refractivity (Wildman–Crippen MR) is 238 cm³/mol. The summed E-state index contributed by atoms with van der Waals surface area (Å²) in [6, 6.07) is 44.3. The largest absolute Gasteiger partial charge is 0.495 e. The summed E-state index contributed by atoms with van der Waals surface area (Å²) in [5, 5.41) is 5.05. The molecule has 0 bridgehead atoms. The molecular weight excluding hydrogens is 769 g/mol. The van der Waals surface area contributed by atoms with Crippen molar-refractivity contribution in [2.75, 3.05) is 13.2 Å². The van der Waals surface area contributed by atoms with Gasteiger partial charge in [-0.15, -0.1) is 13.2 Å². The molecule has 0 spiro atoms. The summed E-state index contributed by atoms with van der Waals surface area (Å²) in [6.07, 6.45) is 2.49. The van der Waals surface area contributed by atoms with E-state index in [1.165, 1.54) is 20.7 Å². The Balaban J connectivity index is 1.30. The standard InChI is InChI=1S/C42H59O6Si6/c1-9-42-45-50(4,10-2)47-52(6,37-25-35-44-54(8,40-30-20-14-21-31-40)41-32-22-15-23-33-41)48-51(5,11-3)46-49(42)36-24-34-43-53(7,38-26-16-12-17-27-38)39-28-18-13-19-29-39/h10-23,26-33,42H,2-3,9,24-25,34-37H2,1,4-8H3/q+1. The van der Waals surface area contributed by atoms with Crippen LogP contribution in [-0.4, -0.2) is 70.3 Å². The average molecular weight is 828 g/mol. The Morgan fingerprint density at radius 2 is 1.02 bits per heavy atom. The minimum absolute atomic E-state index is 0.0740. The molecule has 4 aromatic carbocycles. The zero-order valence-electron chi connectivity index (χ0n) is 33.1. The van der Waals surface area contributed by atoms with Crippen LogP contribution in [0.1, 0.15) is 26.2 Å². The van der Waals surface area contributed by atoms with Crippen LogP contribution in [0.3, 0.4) is 0 Å². The second kappa shape index (κ2) is 19.0. The van der Waals surface area contributed by atoms with Gasteiger partial charge in [-0.3, -0.25) is 0 Å². The molecule has 1 heterocycles. The second-order valence-corrected chi connectivity index (χ2v) is 34.2. The number of hydrogen-bond donors (Lipinski definition) is 0. The average Bonchev–Trinajstić information content (AvgIpc) is 3.24. The first-order valence-electron chi connectivity index (χ1n) is 19.3. The molecular formula is C42H59O6Si6+. The number of benzene rings is 4. The van der Waals surface area contributed by atoms with Gasteiger partial charge in [-0.2, -0.15) is 0 Å². The van der Waals surface area contributed by atoms with Crippen molar-refractivity contribution in [1.29, 1.82) is 0 Å². The van der Waals surface area contributed by atoms with E-state index in [4.69, 9.17) is 25.6 Å². The molecule has 4 atom stereocenters. The third-order valence-corrected chi connectivity index (χ3v) is 32.9. The lowest BCUT2D eigenvalue weighted by molar-refractivity contribution is 0.197. The van der Waals surface area contributed by atoms with Crippen molar-refractivity contribution in [2.45, 2.75) is 76.7 Å². The fraction of sp³-hybridized carbons (Fsp3) is 0.333. The Kier molecular flexibility index (Phi) is 15.0. The highest BCUT2D eigenvalue weighted by molar-refractivity contribution is 6.97. The first-order valence-corrected chi connectivity index (χ1v) is 33.1. The summed E-state index contributed by atoms with van der Waals surface area (Å²) < 4.78 is 42.3. The molecule has 0 aliphatic carbocycles. The molecule has 54 heavy (non-hydrogen) atoms. The summed E-state index contributed by atoms with van der Waals surface area (Å²) in [6.45, 7) is 22.9. The topological polar surface area (TPSA) is 55.4 Å². The lowest BCUT2D eigenvalue weighted by Gasteiger charge is -2.37. The first kappa shape index (κ1) is 42.6. The van der Waals surface area contributed by atoms with Gasteiger partial charge in [0.05, 0.1) is 6.04 Å². The molecule has 12 heteroatoms. The minimum Gasteiger partial charge on any atom is -0.412 e. The third-order valence-electron chi connectivity index (χ3n) is 10.4. The van der Waals surface area contributed by atoms with E-state index in [2.05, 4.69) is 174 Å². The van der Waals surface area contributed by atoms with Crippen LogP contribution in [0.4, 0.5) is 0 Å². The van der Waals surface area contributed by atoms with Gasteiger partial charge in [0.2, 0.25) is 0 Å². The molecule has 6 nitrogen and oxygen atoms in total. The summed E-state index contributed by atoms with van der Waals surface area (Å²) >= 11 is 0. The maximum atomic E-state index is 7.17. The Hall–Kier alpha value is -2.58. The molecule has 286 valence electrons. The molecule has 0 N–H and O–H groups in total. The smallest absolute Gasteiger partial charge is 0.412 e. The van der Waals surface area contributed by atoms with Crippen molar-refractivity contribution in [3.05, 3.63) is 146 Å². The molecule has 4 aromatic rings. The number of rotatable bonds is 17. The highest BCUT2D eigenvalue weighted by Gasteiger charge is 2.57. The monoisotopic (exact) mass is 827 g/mol. The highest BCUT2D eigenvalue weighted by atomic mass is 28.5.